The van der Waals surface area contributed by atoms with E-state index in [1.165, 1.54) is 0 Å². The Morgan fingerprint density at radius 3 is 2.57 bits per heavy atom. The maximum atomic E-state index is 11.9. The van der Waals surface area contributed by atoms with Crippen LogP contribution in [0.15, 0.2) is 54.6 Å². The number of nitrogen functional groups attached to an aromatic ring is 1. The topological polar surface area (TPSA) is 112 Å². The van der Waals surface area contributed by atoms with Crippen LogP contribution in [0, 0.1) is 6.92 Å². The Balaban J connectivity index is 1.52. The van der Waals surface area contributed by atoms with Gasteiger partial charge in [0.25, 0.3) is 0 Å². The van der Waals surface area contributed by atoms with Crippen LogP contribution in [-0.2, 0) is 16.1 Å². The predicted molar refractivity (Wildman–Crippen MR) is 105 cm³/mol. The molecule has 144 valence electrons. The summed E-state index contributed by atoms with van der Waals surface area (Å²) in [6.07, 6.45) is 0.115. The van der Waals surface area contributed by atoms with Crippen molar-refractivity contribution in [2.24, 2.45) is 0 Å². The van der Waals surface area contributed by atoms with Crippen molar-refractivity contribution in [3.05, 3.63) is 66.0 Å². The highest BCUT2D eigenvalue weighted by Gasteiger charge is 2.09. The Morgan fingerprint density at radius 2 is 1.79 bits per heavy atom. The van der Waals surface area contributed by atoms with E-state index >= 15 is 0 Å². The first-order valence-electron chi connectivity index (χ1n) is 8.77. The van der Waals surface area contributed by atoms with Crippen LogP contribution in [0.5, 0.6) is 5.75 Å². The molecule has 3 N–H and O–H groups in total. The van der Waals surface area contributed by atoms with Crippen LogP contribution in [0.2, 0.25) is 0 Å². The zero-order valence-corrected chi connectivity index (χ0v) is 15.5. The van der Waals surface area contributed by atoms with E-state index in [0.29, 0.717) is 11.7 Å². The van der Waals surface area contributed by atoms with E-state index in [4.69, 9.17) is 15.2 Å². The van der Waals surface area contributed by atoms with E-state index in [-0.39, 0.29) is 31.4 Å². The fraction of sp³-hybridized carbons (Fsp3) is 0.200. The average Bonchev–Trinajstić information content (AvgIpc) is 2.69. The summed E-state index contributed by atoms with van der Waals surface area (Å²) in [5.41, 5.74) is 7.63. The van der Waals surface area contributed by atoms with Crippen molar-refractivity contribution >= 4 is 23.6 Å². The van der Waals surface area contributed by atoms with E-state index in [1.807, 2.05) is 61.5 Å². The van der Waals surface area contributed by atoms with Crippen LogP contribution in [0.4, 0.5) is 17.6 Å². The largest absolute Gasteiger partial charge is 0.493 e. The summed E-state index contributed by atoms with van der Waals surface area (Å²) in [6, 6.07) is 17.0. The summed E-state index contributed by atoms with van der Waals surface area (Å²) in [5, 5.41) is 3.09. The number of para-hydroxylation sites is 2. The number of aromatic nitrogens is 3. The molecule has 0 spiro atoms. The number of hydrogen-bond donors (Lipinski definition) is 2. The van der Waals surface area contributed by atoms with Gasteiger partial charge in [-0.1, -0.05) is 36.4 Å². The molecule has 1 aromatic heterocycles. The first-order chi connectivity index (χ1) is 13.6. The number of nitrogens with two attached hydrogens (primary N) is 1. The molecule has 0 amide bonds. The maximum absolute atomic E-state index is 11.9. The highest BCUT2D eigenvalue weighted by molar-refractivity contribution is 5.69. The Hall–Kier alpha value is -3.68. The first-order valence-corrected chi connectivity index (χ1v) is 8.77. The zero-order chi connectivity index (χ0) is 19.8. The maximum Gasteiger partial charge on any atom is 0.309 e. The number of nitrogens with zero attached hydrogens (tertiary/aromatic N) is 3. The molecule has 0 aliphatic carbocycles. The molecule has 0 saturated carbocycles. The number of carbonyl (C=O) groups is 1. The third-order valence-electron chi connectivity index (χ3n) is 3.77. The van der Waals surface area contributed by atoms with Gasteiger partial charge in [-0.2, -0.15) is 15.0 Å². The van der Waals surface area contributed by atoms with Crippen LogP contribution >= 0.6 is 0 Å². The van der Waals surface area contributed by atoms with Gasteiger partial charge in [-0.3, -0.25) is 4.79 Å². The second-order valence-corrected chi connectivity index (χ2v) is 5.95. The average molecular weight is 379 g/mol. The molecule has 28 heavy (non-hydrogen) atoms. The highest BCUT2D eigenvalue weighted by atomic mass is 16.5. The number of aryl methyl sites for hydroxylation is 1. The van der Waals surface area contributed by atoms with E-state index in [2.05, 4.69) is 20.3 Å². The number of anilines is 3. The summed E-state index contributed by atoms with van der Waals surface area (Å²) in [4.78, 5) is 24.2. The molecular weight excluding hydrogens is 358 g/mol. The molecule has 0 unspecified atom stereocenters. The lowest BCUT2D eigenvalue weighted by atomic mass is 10.2. The molecule has 8 heteroatoms. The summed E-state index contributed by atoms with van der Waals surface area (Å²) >= 11 is 0. The first kappa shape index (κ1) is 19.1. The molecule has 3 rings (SSSR count). The number of benzene rings is 2. The third-order valence-corrected chi connectivity index (χ3v) is 3.77. The Bertz CT molecular complexity index is 934. The van der Waals surface area contributed by atoms with E-state index in [1.54, 1.807) is 0 Å². The summed E-state index contributed by atoms with van der Waals surface area (Å²) < 4.78 is 10.7. The van der Waals surface area contributed by atoms with Gasteiger partial charge in [-0.15, -0.1) is 0 Å². The van der Waals surface area contributed by atoms with Gasteiger partial charge in [0.15, 0.2) is 12.4 Å². The third kappa shape index (κ3) is 5.66. The number of ether oxygens (including phenoxy) is 2. The van der Waals surface area contributed by atoms with Crippen molar-refractivity contribution in [1.82, 2.24) is 15.0 Å². The quantitative estimate of drug-likeness (QED) is 0.574. The SMILES string of the molecule is Cc1ccccc1Nc1nc(N)nc(COC(=O)CCOc2ccccc2)n1. The number of nitrogens with one attached hydrogen (secondary N) is 1. The molecule has 0 aliphatic rings. The number of hydrogen-bond acceptors (Lipinski definition) is 8. The van der Waals surface area contributed by atoms with Crippen LogP contribution < -0.4 is 15.8 Å². The van der Waals surface area contributed by atoms with Gasteiger partial charge in [0.05, 0.1) is 13.0 Å². The minimum Gasteiger partial charge on any atom is -0.493 e. The molecule has 3 aromatic rings. The molecule has 0 atom stereocenters. The molecule has 8 nitrogen and oxygen atoms in total. The van der Waals surface area contributed by atoms with Gasteiger partial charge in [0, 0.05) is 5.69 Å². The molecule has 0 radical (unpaired) electrons. The molecule has 1 heterocycles. The van der Waals surface area contributed by atoms with Gasteiger partial charge < -0.3 is 20.5 Å². The lowest BCUT2D eigenvalue weighted by Crippen LogP contribution is -2.13. The van der Waals surface area contributed by atoms with Crippen LogP contribution in [-0.4, -0.2) is 27.5 Å². The minimum atomic E-state index is -0.414. The zero-order valence-electron chi connectivity index (χ0n) is 15.5. The van der Waals surface area contributed by atoms with Crippen molar-refractivity contribution < 1.29 is 14.3 Å². The Kier molecular flexibility index (Phi) is 6.35. The van der Waals surface area contributed by atoms with Gasteiger partial charge >= 0.3 is 5.97 Å². The summed E-state index contributed by atoms with van der Waals surface area (Å²) in [6.45, 7) is 2.09. The second-order valence-electron chi connectivity index (χ2n) is 5.95. The predicted octanol–water partition coefficient (Wildman–Crippen LogP) is 3.02. The van der Waals surface area contributed by atoms with Gasteiger partial charge in [0.2, 0.25) is 11.9 Å². The van der Waals surface area contributed by atoms with Gasteiger partial charge in [-0.05, 0) is 30.7 Å². The molecule has 0 fully saturated rings. The van der Waals surface area contributed by atoms with Gasteiger partial charge in [0.1, 0.15) is 5.75 Å². The minimum absolute atomic E-state index is 0.0459. The molecule has 0 aliphatic heterocycles. The number of carbonyl (C=O) groups excluding carboxylic acids is 1. The molecule has 0 bridgehead atoms. The number of esters is 1. The second kappa shape index (κ2) is 9.31. The lowest BCUT2D eigenvalue weighted by Gasteiger charge is -2.10. The Labute approximate surface area is 162 Å². The smallest absolute Gasteiger partial charge is 0.309 e. The van der Waals surface area contributed by atoms with Crippen LogP contribution in [0.25, 0.3) is 0 Å². The number of rotatable bonds is 8. The standard InChI is InChI=1S/C20H21N5O3/c1-14-7-5-6-10-16(14)22-20-24-17(23-19(21)25-20)13-28-18(26)11-12-27-15-8-3-2-4-9-15/h2-10H,11-13H2,1H3,(H3,21,22,23,24,25). The van der Waals surface area contributed by atoms with E-state index in [0.717, 1.165) is 11.3 Å². The molecule has 2 aromatic carbocycles. The molecule has 0 saturated heterocycles. The van der Waals surface area contributed by atoms with Crippen LogP contribution in [0.1, 0.15) is 17.8 Å². The molecular formula is C20H21N5O3. The van der Waals surface area contributed by atoms with Gasteiger partial charge in [-0.25, -0.2) is 0 Å². The van der Waals surface area contributed by atoms with E-state index in [9.17, 15) is 4.79 Å². The normalized spacial score (nSPS) is 10.3. The highest BCUT2D eigenvalue weighted by Crippen LogP contribution is 2.18. The van der Waals surface area contributed by atoms with Crippen molar-refractivity contribution in [2.45, 2.75) is 20.0 Å². The summed E-state index contributed by atoms with van der Waals surface area (Å²) in [7, 11) is 0. The fourth-order valence-corrected chi connectivity index (χ4v) is 2.38. The van der Waals surface area contributed by atoms with Crippen molar-refractivity contribution in [2.75, 3.05) is 17.7 Å². The van der Waals surface area contributed by atoms with E-state index < -0.39 is 5.97 Å². The van der Waals surface area contributed by atoms with Crippen LogP contribution in [0.3, 0.4) is 0 Å². The van der Waals surface area contributed by atoms with Crippen molar-refractivity contribution in [3.63, 3.8) is 0 Å². The fourth-order valence-electron chi connectivity index (χ4n) is 2.38. The lowest BCUT2D eigenvalue weighted by molar-refractivity contribution is -0.145. The Morgan fingerprint density at radius 1 is 1.04 bits per heavy atom. The van der Waals surface area contributed by atoms with Crippen molar-refractivity contribution in [1.29, 1.82) is 0 Å². The monoisotopic (exact) mass is 379 g/mol. The summed E-state index contributed by atoms with van der Waals surface area (Å²) in [5.74, 6) is 0.890. The van der Waals surface area contributed by atoms with Crippen molar-refractivity contribution in [3.8, 4) is 5.75 Å².